The molecule has 1 N–H and O–H groups in total. The summed E-state index contributed by atoms with van der Waals surface area (Å²) in [6.07, 6.45) is -7.63. The summed E-state index contributed by atoms with van der Waals surface area (Å²) in [5.74, 6) is 0.153. The number of para-hydroxylation sites is 1. The SMILES string of the molecule is CC(C)C[C@@H](c1ccccc1OC(F)(F)C(F)F)N1CCNCC1. The minimum Gasteiger partial charge on any atom is -0.428 e. The molecule has 7 heteroatoms. The van der Waals surface area contributed by atoms with Crippen molar-refractivity contribution in [2.24, 2.45) is 5.92 Å². The fraction of sp³-hybridized carbons (Fsp3) is 0.647. The molecule has 1 aromatic rings. The third kappa shape index (κ3) is 4.83. The Morgan fingerprint density at radius 2 is 1.79 bits per heavy atom. The zero-order valence-corrected chi connectivity index (χ0v) is 13.9. The highest BCUT2D eigenvalue weighted by Gasteiger charge is 2.44. The fourth-order valence-electron chi connectivity index (χ4n) is 2.95. The van der Waals surface area contributed by atoms with E-state index >= 15 is 0 Å². The highest BCUT2D eigenvalue weighted by molar-refractivity contribution is 5.36. The van der Waals surface area contributed by atoms with Crippen LogP contribution in [0.4, 0.5) is 17.6 Å². The monoisotopic (exact) mass is 348 g/mol. The topological polar surface area (TPSA) is 24.5 Å². The molecule has 3 nitrogen and oxygen atoms in total. The first kappa shape index (κ1) is 19.0. The molecular formula is C17H24F4N2O. The van der Waals surface area contributed by atoms with Gasteiger partial charge in [0.05, 0.1) is 0 Å². The van der Waals surface area contributed by atoms with Crippen LogP contribution in [0.1, 0.15) is 31.9 Å². The molecule has 1 aromatic carbocycles. The van der Waals surface area contributed by atoms with E-state index in [0.717, 1.165) is 32.6 Å². The number of ether oxygens (including phenoxy) is 1. The lowest BCUT2D eigenvalue weighted by Gasteiger charge is -2.37. The molecule has 0 spiro atoms. The molecule has 1 aliphatic rings. The number of alkyl halides is 4. The maximum absolute atomic E-state index is 13.4. The predicted molar refractivity (Wildman–Crippen MR) is 84.7 cm³/mol. The molecule has 1 atom stereocenters. The van der Waals surface area contributed by atoms with Crippen molar-refractivity contribution in [3.05, 3.63) is 29.8 Å². The van der Waals surface area contributed by atoms with Gasteiger partial charge in [0.2, 0.25) is 0 Å². The number of piperazine rings is 1. The van der Waals surface area contributed by atoms with Crippen LogP contribution in [-0.4, -0.2) is 43.6 Å². The van der Waals surface area contributed by atoms with Crippen LogP contribution in [-0.2, 0) is 0 Å². The largest absolute Gasteiger partial charge is 0.461 e. The van der Waals surface area contributed by atoms with Gasteiger partial charge >= 0.3 is 12.5 Å². The van der Waals surface area contributed by atoms with Crippen molar-refractivity contribution in [2.75, 3.05) is 26.2 Å². The van der Waals surface area contributed by atoms with Crippen LogP contribution in [0.2, 0.25) is 0 Å². The van der Waals surface area contributed by atoms with E-state index in [2.05, 4.69) is 15.0 Å². The molecule has 0 amide bonds. The van der Waals surface area contributed by atoms with Crippen molar-refractivity contribution in [2.45, 2.75) is 38.8 Å². The summed E-state index contributed by atoms with van der Waals surface area (Å²) >= 11 is 0. The molecule has 0 radical (unpaired) electrons. The smallest absolute Gasteiger partial charge is 0.428 e. The van der Waals surface area contributed by atoms with Crippen LogP contribution >= 0.6 is 0 Å². The second kappa shape index (κ2) is 8.16. The molecule has 24 heavy (non-hydrogen) atoms. The molecule has 2 rings (SSSR count). The van der Waals surface area contributed by atoms with Crippen LogP contribution in [0.5, 0.6) is 5.75 Å². The van der Waals surface area contributed by atoms with Crippen molar-refractivity contribution in [3.8, 4) is 5.75 Å². The number of hydrogen-bond acceptors (Lipinski definition) is 3. The Kier molecular flexibility index (Phi) is 6.46. The number of nitrogens with zero attached hydrogens (tertiary/aromatic N) is 1. The van der Waals surface area contributed by atoms with Crippen LogP contribution in [0.3, 0.4) is 0 Å². The molecule has 0 aliphatic carbocycles. The van der Waals surface area contributed by atoms with E-state index in [0.29, 0.717) is 11.5 Å². The summed E-state index contributed by atoms with van der Waals surface area (Å²) in [7, 11) is 0. The van der Waals surface area contributed by atoms with Crippen LogP contribution < -0.4 is 10.1 Å². The zero-order valence-electron chi connectivity index (χ0n) is 13.9. The van der Waals surface area contributed by atoms with Gasteiger partial charge < -0.3 is 10.1 Å². The Morgan fingerprint density at radius 3 is 2.38 bits per heavy atom. The van der Waals surface area contributed by atoms with E-state index < -0.39 is 12.5 Å². The van der Waals surface area contributed by atoms with Crippen molar-refractivity contribution < 1.29 is 22.3 Å². The molecular weight excluding hydrogens is 324 g/mol. The Morgan fingerprint density at radius 1 is 1.17 bits per heavy atom. The molecule has 1 fully saturated rings. The van der Waals surface area contributed by atoms with Gasteiger partial charge in [-0.25, -0.2) is 0 Å². The Hall–Kier alpha value is -1.34. The normalized spacial score (nSPS) is 18.2. The van der Waals surface area contributed by atoms with Gasteiger partial charge in [-0.05, 0) is 18.4 Å². The third-order valence-electron chi connectivity index (χ3n) is 4.07. The second-order valence-electron chi connectivity index (χ2n) is 6.43. The first-order chi connectivity index (χ1) is 11.3. The minimum absolute atomic E-state index is 0.142. The Labute approximate surface area is 140 Å². The van der Waals surface area contributed by atoms with Crippen molar-refractivity contribution in [1.82, 2.24) is 10.2 Å². The van der Waals surface area contributed by atoms with Gasteiger partial charge in [-0.1, -0.05) is 32.0 Å². The van der Waals surface area contributed by atoms with E-state index in [1.807, 2.05) is 13.8 Å². The quantitative estimate of drug-likeness (QED) is 0.756. The molecule has 0 bridgehead atoms. The molecule has 1 heterocycles. The van der Waals surface area contributed by atoms with Crippen LogP contribution in [0.15, 0.2) is 24.3 Å². The van der Waals surface area contributed by atoms with E-state index in [4.69, 9.17) is 0 Å². The first-order valence-electron chi connectivity index (χ1n) is 8.20. The number of hydrogen-bond donors (Lipinski definition) is 1. The number of nitrogens with one attached hydrogen (secondary N) is 1. The molecule has 136 valence electrons. The van der Waals surface area contributed by atoms with E-state index in [9.17, 15) is 17.6 Å². The highest BCUT2D eigenvalue weighted by Crippen LogP contribution is 2.37. The molecule has 0 saturated carbocycles. The number of rotatable bonds is 7. The summed E-state index contributed by atoms with van der Waals surface area (Å²) < 4.78 is 56.2. The van der Waals surface area contributed by atoms with Crippen molar-refractivity contribution in [1.29, 1.82) is 0 Å². The van der Waals surface area contributed by atoms with Gasteiger partial charge in [-0.3, -0.25) is 4.90 Å². The minimum atomic E-state index is -4.50. The number of halogens is 4. The highest BCUT2D eigenvalue weighted by atomic mass is 19.3. The maximum atomic E-state index is 13.4. The molecule has 1 aliphatic heterocycles. The Bertz CT molecular complexity index is 519. The van der Waals surface area contributed by atoms with Crippen molar-refractivity contribution in [3.63, 3.8) is 0 Å². The lowest BCUT2D eigenvalue weighted by molar-refractivity contribution is -0.253. The number of benzene rings is 1. The average Bonchev–Trinajstić information content (AvgIpc) is 2.53. The predicted octanol–water partition coefficient (Wildman–Crippen LogP) is 3.92. The lowest BCUT2D eigenvalue weighted by atomic mass is 9.94. The van der Waals surface area contributed by atoms with Crippen LogP contribution in [0, 0.1) is 5.92 Å². The molecule has 1 saturated heterocycles. The fourth-order valence-corrected chi connectivity index (χ4v) is 2.95. The zero-order chi connectivity index (χ0) is 17.7. The van der Waals surface area contributed by atoms with E-state index in [1.54, 1.807) is 12.1 Å². The first-order valence-corrected chi connectivity index (χ1v) is 8.20. The van der Waals surface area contributed by atoms with Gasteiger partial charge in [0.25, 0.3) is 0 Å². The van der Waals surface area contributed by atoms with Gasteiger partial charge in [0.1, 0.15) is 5.75 Å². The van der Waals surface area contributed by atoms with Gasteiger partial charge in [-0.2, -0.15) is 17.6 Å². The maximum Gasteiger partial charge on any atom is 0.461 e. The van der Waals surface area contributed by atoms with Gasteiger partial charge in [0.15, 0.2) is 0 Å². The summed E-state index contributed by atoms with van der Waals surface area (Å²) in [4.78, 5) is 2.19. The van der Waals surface area contributed by atoms with Crippen molar-refractivity contribution >= 4 is 0 Å². The third-order valence-corrected chi connectivity index (χ3v) is 4.07. The van der Waals surface area contributed by atoms with Gasteiger partial charge in [0, 0.05) is 37.8 Å². The summed E-state index contributed by atoms with van der Waals surface area (Å²) in [5, 5.41) is 3.25. The van der Waals surface area contributed by atoms with E-state index in [-0.39, 0.29) is 11.8 Å². The standard InChI is InChI=1S/C17H24F4N2O/c1-12(2)11-14(23-9-7-22-8-10-23)13-5-3-4-6-15(13)24-17(20,21)16(18)19/h3-6,12,14,16,22H,7-11H2,1-2H3/t14-/m0/s1. The Balaban J connectivity index is 2.31. The molecule has 0 aromatic heterocycles. The summed E-state index contributed by atoms with van der Waals surface area (Å²) in [5.41, 5.74) is 0.536. The van der Waals surface area contributed by atoms with E-state index in [1.165, 1.54) is 12.1 Å². The average molecular weight is 348 g/mol. The van der Waals surface area contributed by atoms with Gasteiger partial charge in [-0.15, -0.1) is 0 Å². The summed E-state index contributed by atoms with van der Waals surface area (Å²) in [6.45, 7) is 7.27. The second-order valence-corrected chi connectivity index (χ2v) is 6.43. The lowest BCUT2D eigenvalue weighted by Crippen LogP contribution is -2.45. The summed E-state index contributed by atoms with van der Waals surface area (Å²) in [6, 6.07) is 6.12. The molecule has 0 unspecified atom stereocenters. The van der Waals surface area contributed by atoms with Crippen LogP contribution in [0.25, 0.3) is 0 Å².